The number of carbonyl (C=O) groups excluding carboxylic acids is 2. The number of carboxylic acids is 1. The molecule has 1 aromatic carbocycles. The van der Waals surface area contributed by atoms with Gasteiger partial charge in [-0.1, -0.05) is 12.1 Å². The molecule has 0 radical (unpaired) electrons. The van der Waals surface area contributed by atoms with E-state index in [1.165, 1.54) is 6.07 Å². The number of hydrogen-bond donors (Lipinski definition) is 2. The Morgan fingerprint density at radius 2 is 2.09 bits per heavy atom. The van der Waals surface area contributed by atoms with Crippen LogP contribution in [-0.2, 0) is 16.1 Å². The fraction of sp³-hybridized carbons (Fsp3) is 0.438. The minimum absolute atomic E-state index is 0.0653. The standard InChI is InChI=1S/C16H18N2O4/c19-14-7-12(9-18(14)13-4-5-13)15(20)17-8-10-2-1-3-11(6-10)16(21)22/h1-3,6,12-13H,4-5,7-9H2,(H,17,20)(H,21,22). The molecule has 1 saturated heterocycles. The Bertz CT molecular complexity index is 624. The number of carboxylic acid groups (broad SMARTS) is 1. The lowest BCUT2D eigenvalue weighted by Gasteiger charge is -2.15. The fourth-order valence-corrected chi connectivity index (χ4v) is 2.79. The molecule has 1 saturated carbocycles. The third-order valence-corrected chi connectivity index (χ3v) is 4.16. The molecule has 22 heavy (non-hydrogen) atoms. The predicted octanol–water partition coefficient (Wildman–Crippen LogP) is 1.01. The summed E-state index contributed by atoms with van der Waals surface area (Å²) in [6.45, 7) is 0.776. The van der Waals surface area contributed by atoms with E-state index in [4.69, 9.17) is 5.11 Å². The Hall–Kier alpha value is -2.37. The summed E-state index contributed by atoms with van der Waals surface area (Å²) >= 11 is 0. The van der Waals surface area contributed by atoms with Crippen LogP contribution in [-0.4, -0.2) is 40.4 Å². The van der Waals surface area contributed by atoms with E-state index < -0.39 is 5.97 Å². The molecule has 2 N–H and O–H groups in total. The zero-order valence-electron chi connectivity index (χ0n) is 12.1. The van der Waals surface area contributed by atoms with Crippen molar-refractivity contribution in [3.8, 4) is 0 Å². The maximum Gasteiger partial charge on any atom is 0.335 e. The van der Waals surface area contributed by atoms with Crippen LogP contribution < -0.4 is 5.32 Å². The van der Waals surface area contributed by atoms with Crippen LogP contribution in [0.1, 0.15) is 35.2 Å². The van der Waals surface area contributed by atoms with Crippen LogP contribution in [0.25, 0.3) is 0 Å². The molecule has 1 unspecified atom stereocenters. The molecular formula is C16H18N2O4. The third-order valence-electron chi connectivity index (χ3n) is 4.16. The van der Waals surface area contributed by atoms with Gasteiger partial charge in [0.15, 0.2) is 0 Å². The first kappa shape index (κ1) is 14.6. The average molecular weight is 302 g/mol. The molecule has 1 aromatic rings. The maximum atomic E-state index is 12.2. The number of likely N-dealkylation sites (tertiary alicyclic amines) is 1. The third kappa shape index (κ3) is 3.10. The van der Waals surface area contributed by atoms with Crippen molar-refractivity contribution < 1.29 is 19.5 Å². The number of amides is 2. The fourth-order valence-electron chi connectivity index (χ4n) is 2.79. The first-order valence-electron chi connectivity index (χ1n) is 7.44. The molecule has 6 heteroatoms. The molecule has 2 fully saturated rings. The van der Waals surface area contributed by atoms with Crippen LogP contribution >= 0.6 is 0 Å². The van der Waals surface area contributed by atoms with E-state index in [0.717, 1.165) is 18.4 Å². The normalized spacial score (nSPS) is 21.0. The summed E-state index contributed by atoms with van der Waals surface area (Å²) in [4.78, 5) is 36.7. The van der Waals surface area contributed by atoms with Crippen molar-refractivity contribution in [2.24, 2.45) is 5.92 Å². The summed E-state index contributed by atoms with van der Waals surface area (Å²) in [5.74, 6) is -1.36. The predicted molar refractivity (Wildman–Crippen MR) is 78.1 cm³/mol. The molecule has 0 spiro atoms. The number of nitrogens with zero attached hydrogens (tertiary/aromatic N) is 1. The largest absolute Gasteiger partial charge is 0.478 e. The second kappa shape index (κ2) is 5.79. The number of carbonyl (C=O) groups is 3. The summed E-state index contributed by atoms with van der Waals surface area (Å²) in [6.07, 6.45) is 2.36. The van der Waals surface area contributed by atoms with Crippen molar-refractivity contribution in [2.75, 3.05) is 6.54 Å². The van der Waals surface area contributed by atoms with Gasteiger partial charge in [-0.15, -0.1) is 0 Å². The lowest BCUT2D eigenvalue weighted by atomic mass is 10.1. The second-order valence-corrected chi connectivity index (χ2v) is 5.90. The minimum atomic E-state index is -0.991. The smallest absolute Gasteiger partial charge is 0.335 e. The lowest BCUT2D eigenvalue weighted by Crippen LogP contribution is -2.33. The molecule has 1 aliphatic heterocycles. The van der Waals surface area contributed by atoms with Gasteiger partial charge >= 0.3 is 5.97 Å². The van der Waals surface area contributed by atoms with Crippen molar-refractivity contribution in [1.82, 2.24) is 10.2 Å². The molecule has 0 aromatic heterocycles. The molecule has 1 atom stereocenters. The van der Waals surface area contributed by atoms with Crippen molar-refractivity contribution in [3.63, 3.8) is 0 Å². The van der Waals surface area contributed by atoms with E-state index in [9.17, 15) is 14.4 Å². The highest BCUT2D eigenvalue weighted by atomic mass is 16.4. The number of aromatic carboxylic acids is 1. The Balaban J connectivity index is 1.55. The van der Waals surface area contributed by atoms with Crippen LogP contribution in [0.4, 0.5) is 0 Å². The zero-order valence-corrected chi connectivity index (χ0v) is 12.1. The topological polar surface area (TPSA) is 86.7 Å². The Morgan fingerprint density at radius 3 is 2.77 bits per heavy atom. The molecule has 116 valence electrons. The Labute approximate surface area is 128 Å². The van der Waals surface area contributed by atoms with Crippen LogP contribution in [0.5, 0.6) is 0 Å². The molecule has 1 heterocycles. The summed E-state index contributed by atoms with van der Waals surface area (Å²) in [6, 6.07) is 6.81. The highest BCUT2D eigenvalue weighted by molar-refractivity contribution is 5.90. The zero-order chi connectivity index (χ0) is 15.7. The Morgan fingerprint density at radius 1 is 1.32 bits per heavy atom. The quantitative estimate of drug-likeness (QED) is 0.850. The highest BCUT2D eigenvalue weighted by Crippen LogP contribution is 2.32. The first-order valence-corrected chi connectivity index (χ1v) is 7.44. The highest BCUT2D eigenvalue weighted by Gasteiger charge is 2.41. The van der Waals surface area contributed by atoms with E-state index in [2.05, 4.69) is 5.32 Å². The second-order valence-electron chi connectivity index (χ2n) is 5.90. The summed E-state index contributed by atoms with van der Waals surface area (Å²) in [5.41, 5.74) is 0.930. The van der Waals surface area contributed by atoms with E-state index in [1.54, 1.807) is 18.2 Å². The molecule has 3 rings (SSSR count). The molecule has 2 aliphatic rings. The van der Waals surface area contributed by atoms with Crippen LogP contribution in [0.15, 0.2) is 24.3 Å². The maximum absolute atomic E-state index is 12.2. The van der Waals surface area contributed by atoms with Gasteiger partial charge in [-0.3, -0.25) is 9.59 Å². The number of rotatable bonds is 5. The van der Waals surface area contributed by atoms with Gasteiger partial charge in [-0.05, 0) is 30.5 Å². The summed E-state index contributed by atoms with van der Waals surface area (Å²) in [5, 5.41) is 11.7. The number of benzene rings is 1. The molecule has 1 aliphatic carbocycles. The lowest BCUT2D eigenvalue weighted by molar-refractivity contribution is -0.129. The van der Waals surface area contributed by atoms with Crippen molar-refractivity contribution in [2.45, 2.75) is 31.8 Å². The van der Waals surface area contributed by atoms with Gasteiger partial charge in [0, 0.05) is 25.6 Å². The number of nitrogens with one attached hydrogen (secondary N) is 1. The van der Waals surface area contributed by atoms with Gasteiger partial charge in [0.1, 0.15) is 0 Å². The van der Waals surface area contributed by atoms with E-state index in [-0.39, 0.29) is 36.3 Å². The average Bonchev–Trinajstić information content (AvgIpc) is 3.27. The van der Waals surface area contributed by atoms with E-state index >= 15 is 0 Å². The first-order chi connectivity index (χ1) is 10.5. The molecular weight excluding hydrogens is 284 g/mol. The number of hydrogen-bond acceptors (Lipinski definition) is 3. The van der Waals surface area contributed by atoms with E-state index in [1.807, 2.05) is 4.90 Å². The monoisotopic (exact) mass is 302 g/mol. The van der Waals surface area contributed by atoms with Gasteiger partial charge in [0.05, 0.1) is 11.5 Å². The molecule has 6 nitrogen and oxygen atoms in total. The van der Waals surface area contributed by atoms with Crippen LogP contribution in [0.3, 0.4) is 0 Å². The van der Waals surface area contributed by atoms with Crippen molar-refractivity contribution >= 4 is 17.8 Å². The van der Waals surface area contributed by atoms with Crippen molar-refractivity contribution in [1.29, 1.82) is 0 Å². The van der Waals surface area contributed by atoms with Gasteiger partial charge in [-0.25, -0.2) is 4.79 Å². The van der Waals surface area contributed by atoms with Gasteiger partial charge in [-0.2, -0.15) is 0 Å². The SMILES string of the molecule is O=C(O)c1cccc(CNC(=O)C2CC(=O)N(C3CC3)C2)c1. The Kier molecular flexibility index (Phi) is 3.83. The molecule has 0 bridgehead atoms. The minimum Gasteiger partial charge on any atom is -0.478 e. The van der Waals surface area contributed by atoms with Gasteiger partial charge in [0.25, 0.3) is 0 Å². The summed E-state index contributed by atoms with van der Waals surface area (Å²) < 4.78 is 0. The van der Waals surface area contributed by atoms with Crippen molar-refractivity contribution in [3.05, 3.63) is 35.4 Å². The van der Waals surface area contributed by atoms with Gasteiger partial charge in [0.2, 0.25) is 11.8 Å². The summed E-state index contributed by atoms with van der Waals surface area (Å²) in [7, 11) is 0. The molecule has 2 amide bonds. The van der Waals surface area contributed by atoms with Crippen LogP contribution in [0.2, 0.25) is 0 Å². The van der Waals surface area contributed by atoms with E-state index in [0.29, 0.717) is 12.6 Å². The van der Waals surface area contributed by atoms with Crippen LogP contribution in [0, 0.1) is 5.92 Å². The van der Waals surface area contributed by atoms with Gasteiger partial charge < -0.3 is 15.3 Å².